The molecule has 36 heavy (non-hydrogen) atoms. The minimum atomic E-state index is -2.22. The number of furan rings is 1. The van der Waals surface area contributed by atoms with E-state index in [2.05, 4.69) is 20.1 Å². The van der Waals surface area contributed by atoms with Crippen LogP contribution < -0.4 is 5.32 Å². The fourth-order valence-corrected chi connectivity index (χ4v) is 7.78. The normalized spacial score (nSPS) is 20.6. The Morgan fingerprint density at radius 3 is 2.83 bits per heavy atom. The molecule has 4 rings (SSSR count). The van der Waals surface area contributed by atoms with Crippen molar-refractivity contribution in [3.05, 3.63) is 35.4 Å². The van der Waals surface area contributed by atoms with Crippen LogP contribution in [0.3, 0.4) is 0 Å². The van der Waals surface area contributed by atoms with E-state index in [1.807, 2.05) is 19.6 Å². The molecular formula is C20H25N5O6S4Si. The first kappa shape index (κ1) is 27.2. The van der Waals surface area contributed by atoms with Gasteiger partial charge in [0.2, 0.25) is 14.2 Å². The lowest BCUT2D eigenvalue weighted by Crippen LogP contribution is -2.71. The van der Waals surface area contributed by atoms with Crippen molar-refractivity contribution in [2.45, 2.75) is 40.6 Å². The van der Waals surface area contributed by atoms with Crippen molar-refractivity contribution in [3.63, 3.8) is 0 Å². The van der Waals surface area contributed by atoms with Crippen molar-refractivity contribution in [1.82, 2.24) is 25.0 Å². The van der Waals surface area contributed by atoms with Gasteiger partial charge in [0.15, 0.2) is 4.34 Å². The predicted octanol–water partition coefficient (Wildman–Crippen LogP) is 2.73. The number of ether oxygens (including phenoxy) is 1. The Morgan fingerprint density at radius 1 is 1.39 bits per heavy atom. The predicted molar refractivity (Wildman–Crippen MR) is 141 cm³/mol. The van der Waals surface area contributed by atoms with Gasteiger partial charge in [-0.2, -0.15) is 0 Å². The van der Waals surface area contributed by atoms with Crippen molar-refractivity contribution < 1.29 is 28.0 Å². The summed E-state index contributed by atoms with van der Waals surface area (Å²) in [6.07, 6.45) is 1.49. The fraction of sp³-hybridized carbons (Fsp3) is 0.500. The number of amides is 2. The monoisotopic (exact) mass is 587 g/mol. The first-order valence-corrected chi connectivity index (χ1v) is 18.1. The molecule has 2 amide bonds. The van der Waals surface area contributed by atoms with Crippen LogP contribution in [0.4, 0.5) is 0 Å². The Morgan fingerprint density at radius 2 is 2.19 bits per heavy atom. The van der Waals surface area contributed by atoms with Crippen LogP contribution >= 0.6 is 46.8 Å². The molecule has 1 saturated heterocycles. The van der Waals surface area contributed by atoms with Crippen LogP contribution in [0.2, 0.25) is 19.6 Å². The Bertz CT molecular complexity index is 1120. The first-order valence-electron chi connectivity index (χ1n) is 10.8. The van der Waals surface area contributed by atoms with Gasteiger partial charge in [0, 0.05) is 30.1 Å². The SMILES string of the molecule is COCSC(C(=O)NC1C(=O)N2C(C(=O)O[Si](C)(C)C)=C(CSc3nnns3)CSC12)c1ccco1. The van der Waals surface area contributed by atoms with Gasteiger partial charge in [-0.25, -0.2) is 4.79 Å². The summed E-state index contributed by atoms with van der Waals surface area (Å²) in [5.41, 5.74) is 1.04. The van der Waals surface area contributed by atoms with E-state index < -0.39 is 31.0 Å². The number of fused-ring (bicyclic) bond motifs is 1. The van der Waals surface area contributed by atoms with E-state index in [4.69, 9.17) is 13.6 Å². The molecule has 4 heterocycles. The number of nitrogens with zero attached hydrogens (tertiary/aromatic N) is 4. The number of thioether (sulfide) groups is 3. The molecule has 3 unspecified atom stereocenters. The maximum Gasteiger partial charge on any atom is 0.341 e. The summed E-state index contributed by atoms with van der Waals surface area (Å²) in [5.74, 6) is 0.497. The Labute approximate surface area is 225 Å². The lowest BCUT2D eigenvalue weighted by molar-refractivity contribution is -0.150. The lowest BCUT2D eigenvalue weighted by Gasteiger charge is -2.50. The number of hydrogen-bond acceptors (Lipinski definition) is 13. The molecule has 2 aliphatic heterocycles. The van der Waals surface area contributed by atoms with Gasteiger partial charge in [-0.3, -0.25) is 14.5 Å². The zero-order chi connectivity index (χ0) is 25.9. The second-order valence-corrected chi connectivity index (χ2v) is 17.3. The summed E-state index contributed by atoms with van der Waals surface area (Å²) in [5, 5.41) is 9.30. The maximum absolute atomic E-state index is 13.3. The molecule has 16 heteroatoms. The van der Waals surface area contributed by atoms with Gasteiger partial charge in [0.05, 0.1) is 12.2 Å². The highest BCUT2D eigenvalue weighted by atomic mass is 32.2. The number of methoxy groups -OCH3 is 1. The smallest absolute Gasteiger partial charge is 0.341 e. The largest absolute Gasteiger partial charge is 0.515 e. The van der Waals surface area contributed by atoms with Gasteiger partial charge < -0.3 is 18.9 Å². The Kier molecular flexibility index (Phi) is 8.82. The Balaban J connectivity index is 1.52. The summed E-state index contributed by atoms with van der Waals surface area (Å²) in [7, 11) is -0.679. The highest BCUT2D eigenvalue weighted by Crippen LogP contribution is 2.42. The van der Waals surface area contributed by atoms with Crippen molar-refractivity contribution >= 4 is 72.9 Å². The molecule has 0 bridgehead atoms. The lowest BCUT2D eigenvalue weighted by atomic mass is 10.0. The molecule has 1 fully saturated rings. The molecular weight excluding hydrogens is 563 g/mol. The average Bonchev–Trinajstić information content (AvgIpc) is 3.54. The van der Waals surface area contributed by atoms with Crippen molar-refractivity contribution in [1.29, 1.82) is 0 Å². The van der Waals surface area contributed by atoms with Gasteiger partial charge >= 0.3 is 5.97 Å². The average molecular weight is 588 g/mol. The molecule has 2 aliphatic rings. The van der Waals surface area contributed by atoms with Crippen molar-refractivity contribution in [2.24, 2.45) is 0 Å². The highest BCUT2D eigenvalue weighted by Gasteiger charge is 2.55. The summed E-state index contributed by atoms with van der Waals surface area (Å²) >= 11 is 5.32. The number of aromatic nitrogens is 3. The van der Waals surface area contributed by atoms with Crippen LogP contribution in [0.25, 0.3) is 0 Å². The molecule has 1 N–H and O–H groups in total. The quantitative estimate of drug-likeness (QED) is 0.179. The van der Waals surface area contributed by atoms with E-state index in [0.717, 1.165) is 5.57 Å². The van der Waals surface area contributed by atoms with Gasteiger partial charge in [-0.15, -0.1) is 28.6 Å². The number of β-lactam (4-membered cyclic amide) rings is 1. The first-order chi connectivity index (χ1) is 17.2. The molecule has 3 atom stereocenters. The number of carbonyl (C=O) groups excluding carboxylic acids is 3. The third kappa shape index (κ3) is 6.16. The molecule has 11 nitrogen and oxygen atoms in total. The summed E-state index contributed by atoms with van der Waals surface area (Å²) < 4.78 is 20.7. The minimum absolute atomic E-state index is 0.262. The Hall–Kier alpha value is -1.85. The van der Waals surface area contributed by atoms with E-state index in [-0.39, 0.29) is 23.5 Å². The van der Waals surface area contributed by atoms with E-state index in [1.54, 1.807) is 19.2 Å². The molecule has 0 aromatic carbocycles. The van der Waals surface area contributed by atoms with Crippen molar-refractivity contribution in [3.8, 4) is 0 Å². The van der Waals surface area contributed by atoms with Crippen LogP contribution in [0.5, 0.6) is 0 Å². The van der Waals surface area contributed by atoms with Crippen LogP contribution in [0.15, 0.2) is 38.4 Å². The number of nitrogens with one attached hydrogen (secondary N) is 1. The number of rotatable bonds is 11. The zero-order valence-corrected chi connectivity index (χ0v) is 24.2. The third-order valence-electron chi connectivity index (χ3n) is 4.98. The zero-order valence-electron chi connectivity index (χ0n) is 20.0. The van der Waals surface area contributed by atoms with Gasteiger partial charge in [0.1, 0.15) is 28.1 Å². The van der Waals surface area contributed by atoms with Crippen LogP contribution in [0.1, 0.15) is 11.0 Å². The fourth-order valence-electron chi connectivity index (χ4n) is 3.53. The van der Waals surface area contributed by atoms with E-state index in [0.29, 0.717) is 21.6 Å². The molecule has 0 aliphatic carbocycles. The van der Waals surface area contributed by atoms with Crippen molar-refractivity contribution in [2.75, 3.05) is 24.6 Å². The molecule has 2 aromatic heterocycles. The second-order valence-electron chi connectivity index (χ2n) is 8.74. The second kappa shape index (κ2) is 11.7. The van der Waals surface area contributed by atoms with E-state index in [1.165, 1.54) is 58.0 Å². The van der Waals surface area contributed by atoms with Crippen LogP contribution in [-0.4, -0.2) is 81.8 Å². The topological polar surface area (TPSA) is 137 Å². The standard InChI is InChI=1S/C20H25N5O6S4Si/c1-29-10-34-15(12-6-5-7-30-12)16(26)21-13-17(27)25-14(19(28)31-36(2,3)4)11(8-32-18(13)25)9-33-20-22-23-24-35-20/h5-7,13,15,18H,8-10H2,1-4H3,(H,21,26). The van der Waals surface area contributed by atoms with E-state index >= 15 is 0 Å². The maximum atomic E-state index is 13.3. The van der Waals surface area contributed by atoms with E-state index in [9.17, 15) is 14.4 Å². The van der Waals surface area contributed by atoms with Gasteiger partial charge in [0.25, 0.3) is 5.91 Å². The molecule has 0 radical (unpaired) electrons. The summed E-state index contributed by atoms with van der Waals surface area (Å²) in [4.78, 5) is 41.1. The third-order valence-corrected chi connectivity index (χ3v) is 10.1. The number of carbonyl (C=O) groups is 3. The summed E-state index contributed by atoms with van der Waals surface area (Å²) in [6.45, 7) is 5.74. The van der Waals surface area contributed by atoms with Crippen LogP contribution in [0, 0.1) is 0 Å². The number of hydrogen-bond donors (Lipinski definition) is 1. The molecule has 0 saturated carbocycles. The highest BCUT2D eigenvalue weighted by molar-refractivity contribution is 8.01. The molecule has 2 aromatic rings. The minimum Gasteiger partial charge on any atom is -0.515 e. The van der Waals surface area contributed by atoms with Gasteiger partial charge in [-0.05, 0) is 42.6 Å². The summed E-state index contributed by atoms with van der Waals surface area (Å²) in [6, 6.07) is 2.65. The van der Waals surface area contributed by atoms with Gasteiger partial charge in [-0.1, -0.05) is 16.3 Å². The van der Waals surface area contributed by atoms with Crippen LogP contribution in [-0.2, 0) is 23.5 Å². The molecule has 194 valence electrons. The molecule has 0 spiro atoms.